The first kappa shape index (κ1) is 14.6. The summed E-state index contributed by atoms with van der Waals surface area (Å²) in [5.41, 5.74) is 1.55. The molecule has 0 saturated carbocycles. The Morgan fingerprint density at radius 2 is 1.91 bits per heavy atom. The van der Waals surface area contributed by atoms with Crippen LogP contribution < -0.4 is 5.32 Å². The van der Waals surface area contributed by atoms with Gasteiger partial charge in [-0.25, -0.2) is 0 Å². The van der Waals surface area contributed by atoms with Crippen LogP contribution in [0.3, 0.4) is 0 Å². The van der Waals surface area contributed by atoms with E-state index in [0.717, 1.165) is 11.4 Å². The van der Waals surface area contributed by atoms with E-state index in [1.165, 1.54) is 0 Å². The lowest BCUT2D eigenvalue weighted by Gasteiger charge is -2.25. The Kier molecular flexibility index (Phi) is 3.72. The summed E-state index contributed by atoms with van der Waals surface area (Å²) < 4.78 is 10.8. The van der Waals surface area contributed by atoms with Gasteiger partial charge in [0.1, 0.15) is 13.1 Å². The third-order valence-electron chi connectivity index (χ3n) is 4.26. The predicted molar refractivity (Wildman–Crippen MR) is 77.8 cm³/mol. The number of esters is 2. The average Bonchev–Trinajstić information content (AvgIpc) is 3.06. The van der Waals surface area contributed by atoms with E-state index in [1.807, 2.05) is 28.0 Å². The second-order valence-corrected chi connectivity index (χ2v) is 5.92. The van der Waals surface area contributed by atoms with Crippen LogP contribution in [0.5, 0.6) is 0 Å². The molecule has 2 fully saturated rings. The standard InChI is InChI=1S/C15H18N4O4/c20-13-9-19-7-10-2-1-3-11(17-10)15-18(8-14(21)23-15)5-4-16-6-12(19)22-13/h1-3,12,15-16H,4-9H2. The van der Waals surface area contributed by atoms with Gasteiger partial charge < -0.3 is 14.8 Å². The molecule has 2 bridgehead atoms. The summed E-state index contributed by atoms with van der Waals surface area (Å²) in [6.07, 6.45) is -0.712. The summed E-state index contributed by atoms with van der Waals surface area (Å²) in [5, 5.41) is 3.28. The minimum absolute atomic E-state index is 0.211. The minimum atomic E-state index is -0.434. The monoisotopic (exact) mass is 318 g/mol. The third-order valence-corrected chi connectivity index (χ3v) is 4.26. The fraction of sp³-hybridized carbons (Fsp3) is 0.533. The van der Waals surface area contributed by atoms with E-state index in [2.05, 4.69) is 10.3 Å². The number of aromatic nitrogens is 1. The van der Waals surface area contributed by atoms with Gasteiger partial charge in [-0.2, -0.15) is 0 Å². The molecule has 2 unspecified atom stereocenters. The minimum Gasteiger partial charge on any atom is -0.444 e. The molecular formula is C15H18N4O4. The number of carbonyl (C=O) groups excluding carboxylic acids is 2. The molecular weight excluding hydrogens is 300 g/mol. The quantitative estimate of drug-likeness (QED) is 0.624. The maximum atomic E-state index is 11.7. The topological polar surface area (TPSA) is 84.0 Å². The Bertz CT molecular complexity index is 638. The van der Waals surface area contributed by atoms with E-state index in [9.17, 15) is 9.59 Å². The molecule has 0 spiro atoms. The second-order valence-electron chi connectivity index (χ2n) is 5.92. The molecule has 2 atom stereocenters. The van der Waals surface area contributed by atoms with Crippen LogP contribution >= 0.6 is 0 Å². The van der Waals surface area contributed by atoms with Gasteiger partial charge in [0.25, 0.3) is 0 Å². The van der Waals surface area contributed by atoms with Crippen molar-refractivity contribution in [3.8, 4) is 0 Å². The molecule has 1 aromatic rings. The first-order valence-corrected chi connectivity index (χ1v) is 7.73. The Morgan fingerprint density at radius 1 is 1.09 bits per heavy atom. The number of hydrogen-bond acceptors (Lipinski definition) is 8. The molecule has 2 saturated heterocycles. The highest BCUT2D eigenvalue weighted by Gasteiger charge is 2.36. The van der Waals surface area contributed by atoms with Gasteiger partial charge in [0, 0.05) is 26.2 Å². The molecule has 0 amide bonds. The predicted octanol–water partition coefficient (Wildman–Crippen LogP) is -0.773. The summed E-state index contributed by atoms with van der Waals surface area (Å²) >= 11 is 0. The van der Waals surface area contributed by atoms with Crippen LogP contribution in [0.1, 0.15) is 17.6 Å². The second kappa shape index (κ2) is 5.88. The van der Waals surface area contributed by atoms with Crippen molar-refractivity contribution in [1.82, 2.24) is 20.1 Å². The fourth-order valence-electron chi connectivity index (χ4n) is 3.17. The third kappa shape index (κ3) is 2.92. The maximum Gasteiger partial charge on any atom is 0.322 e. The molecule has 1 N–H and O–H groups in total. The zero-order valence-electron chi connectivity index (χ0n) is 12.6. The number of rotatable bonds is 0. The van der Waals surface area contributed by atoms with E-state index in [-0.39, 0.29) is 31.3 Å². The van der Waals surface area contributed by atoms with Crippen LogP contribution in [0.4, 0.5) is 0 Å². The summed E-state index contributed by atoms with van der Waals surface area (Å²) in [5.74, 6) is -0.441. The van der Waals surface area contributed by atoms with Gasteiger partial charge in [0.15, 0.2) is 12.5 Å². The van der Waals surface area contributed by atoms with Crippen molar-refractivity contribution in [2.24, 2.45) is 0 Å². The molecule has 122 valence electrons. The van der Waals surface area contributed by atoms with Crippen molar-refractivity contribution in [3.05, 3.63) is 29.6 Å². The molecule has 0 aromatic carbocycles. The van der Waals surface area contributed by atoms with Gasteiger partial charge in [-0.05, 0) is 12.1 Å². The van der Waals surface area contributed by atoms with Crippen molar-refractivity contribution >= 4 is 11.9 Å². The number of nitrogens with one attached hydrogen (secondary N) is 1. The van der Waals surface area contributed by atoms with E-state index >= 15 is 0 Å². The molecule has 3 aliphatic rings. The number of nitrogens with zero attached hydrogens (tertiary/aromatic N) is 3. The van der Waals surface area contributed by atoms with Crippen LogP contribution in [0.2, 0.25) is 0 Å². The maximum absolute atomic E-state index is 11.7. The highest BCUT2D eigenvalue weighted by molar-refractivity contribution is 5.74. The van der Waals surface area contributed by atoms with Crippen molar-refractivity contribution < 1.29 is 19.1 Å². The zero-order chi connectivity index (χ0) is 15.8. The first-order chi connectivity index (χ1) is 11.2. The summed E-state index contributed by atoms with van der Waals surface area (Å²) in [7, 11) is 0. The lowest BCUT2D eigenvalue weighted by atomic mass is 10.2. The summed E-state index contributed by atoms with van der Waals surface area (Å²) in [6, 6.07) is 5.67. The Hall–Kier alpha value is -2.03. The normalized spacial score (nSPS) is 29.0. The van der Waals surface area contributed by atoms with E-state index < -0.39 is 6.23 Å². The SMILES string of the molecule is O=C1CN2Cc3cccc(n3)C3OC(=O)CN3CCNCC2O1. The Morgan fingerprint density at radius 3 is 2.83 bits per heavy atom. The number of fused-ring (bicyclic) bond motifs is 5. The van der Waals surface area contributed by atoms with E-state index in [0.29, 0.717) is 26.2 Å². The average molecular weight is 318 g/mol. The first-order valence-electron chi connectivity index (χ1n) is 7.73. The van der Waals surface area contributed by atoms with Gasteiger partial charge in [0.05, 0.1) is 11.4 Å². The van der Waals surface area contributed by atoms with Crippen LogP contribution in [0, 0.1) is 0 Å². The van der Waals surface area contributed by atoms with Gasteiger partial charge in [-0.1, -0.05) is 6.07 Å². The number of hydrogen-bond donors (Lipinski definition) is 1. The highest BCUT2D eigenvalue weighted by Crippen LogP contribution is 2.26. The molecule has 1 aromatic heterocycles. The van der Waals surface area contributed by atoms with E-state index in [4.69, 9.17) is 9.47 Å². The Labute approximate surface area is 133 Å². The molecule has 3 aliphatic heterocycles. The number of ether oxygens (including phenoxy) is 2. The molecule has 4 rings (SSSR count). The van der Waals surface area contributed by atoms with Crippen LogP contribution in [0.25, 0.3) is 0 Å². The van der Waals surface area contributed by atoms with Gasteiger partial charge >= 0.3 is 11.9 Å². The molecule has 4 heterocycles. The lowest BCUT2D eigenvalue weighted by Crippen LogP contribution is -2.42. The molecule has 23 heavy (non-hydrogen) atoms. The summed E-state index contributed by atoms with van der Waals surface area (Å²) in [6.45, 7) is 2.94. The molecule has 0 radical (unpaired) electrons. The van der Waals surface area contributed by atoms with Crippen LogP contribution in [0.15, 0.2) is 18.2 Å². The van der Waals surface area contributed by atoms with Gasteiger partial charge in [-0.15, -0.1) is 0 Å². The van der Waals surface area contributed by atoms with Crippen molar-refractivity contribution in [1.29, 1.82) is 0 Å². The number of carbonyl (C=O) groups is 2. The van der Waals surface area contributed by atoms with Crippen LogP contribution in [-0.2, 0) is 25.6 Å². The van der Waals surface area contributed by atoms with Crippen molar-refractivity contribution in [2.75, 3.05) is 32.7 Å². The number of pyridine rings is 1. The molecule has 8 heteroatoms. The lowest BCUT2D eigenvalue weighted by molar-refractivity contribution is -0.142. The largest absolute Gasteiger partial charge is 0.444 e. The zero-order valence-corrected chi connectivity index (χ0v) is 12.6. The molecule has 0 aliphatic carbocycles. The van der Waals surface area contributed by atoms with Crippen molar-refractivity contribution in [3.63, 3.8) is 0 Å². The fourth-order valence-corrected chi connectivity index (χ4v) is 3.17. The smallest absolute Gasteiger partial charge is 0.322 e. The Balaban J connectivity index is 1.64. The van der Waals surface area contributed by atoms with Gasteiger partial charge in [0.2, 0.25) is 0 Å². The summed E-state index contributed by atoms with van der Waals surface area (Å²) in [4.78, 5) is 31.8. The molecule has 8 nitrogen and oxygen atoms in total. The van der Waals surface area contributed by atoms with Crippen molar-refractivity contribution in [2.45, 2.75) is 19.0 Å². The van der Waals surface area contributed by atoms with Crippen LogP contribution in [-0.4, -0.2) is 65.7 Å². The van der Waals surface area contributed by atoms with Gasteiger partial charge in [-0.3, -0.25) is 24.4 Å². The highest BCUT2D eigenvalue weighted by atomic mass is 16.6. The van der Waals surface area contributed by atoms with E-state index in [1.54, 1.807) is 0 Å².